The highest BCUT2D eigenvalue weighted by atomic mass is 35.5. The molecule has 0 unspecified atom stereocenters. The molecule has 0 bridgehead atoms. The van der Waals surface area contributed by atoms with Gasteiger partial charge in [-0.15, -0.1) is 0 Å². The third kappa shape index (κ3) is 3.27. The van der Waals surface area contributed by atoms with Crippen molar-refractivity contribution >= 4 is 17.5 Å². The maximum atomic E-state index is 12.5. The molecule has 4 rings (SSSR count). The van der Waals surface area contributed by atoms with Crippen molar-refractivity contribution in [3.8, 4) is 17.1 Å². The molecule has 0 fully saturated rings. The number of carbonyl (C=O) groups excluding carboxylic acids is 1. The Kier molecular flexibility index (Phi) is 4.33. The number of nitrogens with one attached hydrogen (secondary N) is 1. The number of rotatable bonds is 5. The Morgan fingerprint density at radius 1 is 1.08 bits per heavy atom. The molecule has 1 N–H and O–H groups in total. The smallest absolute Gasteiger partial charge is 0.272 e. The molecule has 6 nitrogen and oxygen atoms in total. The number of aromatic nitrogens is 2. The van der Waals surface area contributed by atoms with E-state index in [4.69, 9.17) is 20.4 Å². The lowest BCUT2D eigenvalue weighted by Crippen LogP contribution is -2.23. The number of carbonyl (C=O) groups is 1. The van der Waals surface area contributed by atoms with Crippen LogP contribution < -0.4 is 5.32 Å². The predicted molar refractivity (Wildman–Crippen MR) is 96.2 cm³/mol. The Balaban J connectivity index is 1.68. The maximum absolute atomic E-state index is 12.5. The molecule has 0 aliphatic carbocycles. The molecule has 1 aromatic carbocycles. The minimum absolute atomic E-state index is 0.267. The van der Waals surface area contributed by atoms with Crippen molar-refractivity contribution in [3.05, 3.63) is 83.6 Å². The van der Waals surface area contributed by atoms with Gasteiger partial charge in [0.1, 0.15) is 11.5 Å². The first kappa shape index (κ1) is 16.2. The molecule has 0 aliphatic rings. The van der Waals surface area contributed by atoms with Crippen molar-refractivity contribution in [3.63, 3.8) is 0 Å². The number of halogens is 1. The summed E-state index contributed by atoms with van der Waals surface area (Å²) >= 11 is 6.09. The monoisotopic (exact) mass is 367 g/mol. The van der Waals surface area contributed by atoms with Crippen molar-refractivity contribution in [1.29, 1.82) is 0 Å². The topological polar surface area (TPSA) is 73.2 Å². The zero-order valence-electron chi connectivity index (χ0n) is 13.6. The Morgan fingerprint density at radius 3 is 2.65 bits per heavy atom. The van der Waals surface area contributed by atoms with E-state index >= 15 is 0 Å². The predicted octanol–water partition coefficient (Wildman–Crippen LogP) is 4.31. The second kappa shape index (κ2) is 6.93. The fourth-order valence-corrected chi connectivity index (χ4v) is 2.75. The van der Waals surface area contributed by atoms with Crippen molar-refractivity contribution in [2.45, 2.75) is 6.54 Å². The van der Waals surface area contributed by atoms with Gasteiger partial charge in [0, 0.05) is 11.1 Å². The maximum Gasteiger partial charge on any atom is 0.272 e. The van der Waals surface area contributed by atoms with E-state index in [1.54, 1.807) is 53.6 Å². The van der Waals surface area contributed by atoms with Crippen LogP contribution in [0.5, 0.6) is 0 Å². The molecule has 0 atom stereocenters. The van der Waals surface area contributed by atoms with E-state index in [2.05, 4.69) is 10.4 Å². The SMILES string of the molecule is O=C(NCc1ccco1)c1cc(-c2ccco2)n(-c2cccc(Cl)c2)n1. The second-order valence-corrected chi connectivity index (χ2v) is 5.98. The number of amides is 1. The summed E-state index contributed by atoms with van der Waals surface area (Å²) in [6, 6.07) is 16.0. The number of benzene rings is 1. The lowest BCUT2D eigenvalue weighted by molar-refractivity contribution is 0.0942. The summed E-state index contributed by atoms with van der Waals surface area (Å²) in [6.45, 7) is 0.284. The lowest BCUT2D eigenvalue weighted by Gasteiger charge is -2.05. The van der Waals surface area contributed by atoms with Gasteiger partial charge >= 0.3 is 0 Å². The summed E-state index contributed by atoms with van der Waals surface area (Å²) in [5, 5.41) is 7.79. The number of nitrogens with zero attached hydrogens (tertiary/aromatic N) is 2. The van der Waals surface area contributed by atoms with Gasteiger partial charge in [-0.25, -0.2) is 4.68 Å². The first-order valence-electron chi connectivity index (χ1n) is 7.91. The van der Waals surface area contributed by atoms with Gasteiger partial charge in [-0.05, 0) is 42.5 Å². The van der Waals surface area contributed by atoms with E-state index in [1.165, 1.54) is 0 Å². The van der Waals surface area contributed by atoms with Crippen LogP contribution in [0.3, 0.4) is 0 Å². The van der Waals surface area contributed by atoms with Crippen molar-refractivity contribution < 1.29 is 13.6 Å². The minimum Gasteiger partial charge on any atom is -0.467 e. The molecule has 1 amide bonds. The average molecular weight is 368 g/mol. The van der Waals surface area contributed by atoms with Crippen LogP contribution in [0.1, 0.15) is 16.2 Å². The van der Waals surface area contributed by atoms with Gasteiger partial charge in [0.2, 0.25) is 0 Å². The quantitative estimate of drug-likeness (QED) is 0.570. The molecule has 130 valence electrons. The Bertz CT molecular complexity index is 1020. The number of furan rings is 2. The molecular weight excluding hydrogens is 354 g/mol. The zero-order valence-corrected chi connectivity index (χ0v) is 14.3. The molecule has 0 saturated heterocycles. The third-order valence-electron chi connectivity index (χ3n) is 3.77. The van der Waals surface area contributed by atoms with Crippen LogP contribution in [-0.4, -0.2) is 15.7 Å². The summed E-state index contributed by atoms with van der Waals surface area (Å²) in [4.78, 5) is 12.5. The van der Waals surface area contributed by atoms with Crippen molar-refractivity contribution in [1.82, 2.24) is 15.1 Å². The van der Waals surface area contributed by atoms with E-state index in [0.717, 1.165) is 5.69 Å². The van der Waals surface area contributed by atoms with Gasteiger partial charge in [-0.2, -0.15) is 5.10 Å². The summed E-state index contributed by atoms with van der Waals surface area (Å²) in [5.41, 5.74) is 1.65. The minimum atomic E-state index is -0.310. The van der Waals surface area contributed by atoms with E-state index in [9.17, 15) is 4.79 Å². The fraction of sp³-hybridized carbons (Fsp3) is 0.0526. The highest BCUT2D eigenvalue weighted by Crippen LogP contribution is 2.25. The second-order valence-electron chi connectivity index (χ2n) is 5.55. The zero-order chi connectivity index (χ0) is 17.9. The van der Waals surface area contributed by atoms with Crippen molar-refractivity contribution in [2.24, 2.45) is 0 Å². The lowest BCUT2D eigenvalue weighted by atomic mass is 10.2. The highest BCUT2D eigenvalue weighted by molar-refractivity contribution is 6.30. The first-order valence-corrected chi connectivity index (χ1v) is 8.29. The Labute approximate surface area is 154 Å². The van der Waals surface area contributed by atoms with Gasteiger partial charge in [0.25, 0.3) is 5.91 Å². The molecule has 0 spiro atoms. The Hall–Kier alpha value is -3.25. The highest BCUT2D eigenvalue weighted by Gasteiger charge is 2.18. The molecule has 7 heteroatoms. The molecular formula is C19H14ClN3O3. The molecule has 0 aliphatic heterocycles. The van der Waals surface area contributed by atoms with Crippen LogP contribution in [0, 0.1) is 0 Å². The molecule has 0 radical (unpaired) electrons. The average Bonchev–Trinajstić information content (AvgIpc) is 3.40. The van der Waals surface area contributed by atoms with Gasteiger partial charge in [0.15, 0.2) is 11.5 Å². The van der Waals surface area contributed by atoms with E-state index in [1.807, 2.05) is 18.2 Å². The summed E-state index contributed by atoms with van der Waals surface area (Å²) in [6.07, 6.45) is 3.13. The van der Waals surface area contributed by atoms with Crippen molar-refractivity contribution in [2.75, 3.05) is 0 Å². The van der Waals surface area contributed by atoms with Crippen LogP contribution in [0.4, 0.5) is 0 Å². The standard InChI is InChI=1S/C19H14ClN3O3/c20-13-4-1-5-14(10-13)23-17(18-7-3-9-26-18)11-16(22-23)19(24)21-12-15-6-2-8-25-15/h1-11H,12H2,(H,21,24). The van der Waals surface area contributed by atoms with E-state index in [-0.39, 0.29) is 18.1 Å². The number of hydrogen-bond acceptors (Lipinski definition) is 4. The van der Waals surface area contributed by atoms with Crippen LogP contribution in [0.25, 0.3) is 17.1 Å². The van der Waals surface area contributed by atoms with Crippen LogP contribution >= 0.6 is 11.6 Å². The third-order valence-corrected chi connectivity index (χ3v) is 4.01. The number of hydrogen-bond donors (Lipinski definition) is 1. The molecule has 3 heterocycles. The van der Waals surface area contributed by atoms with Crippen LogP contribution in [0.2, 0.25) is 5.02 Å². The van der Waals surface area contributed by atoms with E-state index in [0.29, 0.717) is 22.2 Å². The van der Waals surface area contributed by atoms with Gasteiger partial charge < -0.3 is 14.2 Å². The van der Waals surface area contributed by atoms with Gasteiger partial charge in [-0.3, -0.25) is 4.79 Å². The fourth-order valence-electron chi connectivity index (χ4n) is 2.57. The first-order chi connectivity index (χ1) is 12.7. The van der Waals surface area contributed by atoms with Crippen LogP contribution in [-0.2, 0) is 6.54 Å². The largest absolute Gasteiger partial charge is 0.467 e. The summed E-state index contributed by atoms with van der Waals surface area (Å²) in [5.74, 6) is 0.955. The van der Waals surface area contributed by atoms with Crippen LogP contribution in [0.15, 0.2) is 76.0 Å². The van der Waals surface area contributed by atoms with Gasteiger partial charge in [-0.1, -0.05) is 17.7 Å². The van der Waals surface area contributed by atoms with E-state index < -0.39 is 0 Å². The molecule has 26 heavy (non-hydrogen) atoms. The summed E-state index contributed by atoms with van der Waals surface area (Å²) < 4.78 is 12.3. The van der Waals surface area contributed by atoms with Gasteiger partial charge in [0.05, 0.1) is 24.8 Å². The Morgan fingerprint density at radius 2 is 1.92 bits per heavy atom. The summed E-state index contributed by atoms with van der Waals surface area (Å²) in [7, 11) is 0. The molecule has 0 saturated carbocycles. The normalized spacial score (nSPS) is 10.8. The molecule has 4 aromatic rings. The molecule has 3 aromatic heterocycles.